The van der Waals surface area contributed by atoms with Crippen molar-refractivity contribution < 1.29 is 9.53 Å². The molecule has 0 aliphatic carbocycles. The molecule has 1 aromatic carbocycles. The molecular weight excluding hydrogens is 314 g/mol. The van der Waals surface area contributed by atoms with Crippen LogP contribution in [0.25, 0.3) is 0 Å². The van der Waals surface area contributed by atoms with Crippen molar-refractivity contribution in [1.82, 2.24) is 15.1 Å². The Bertz CT molecular complexity index is 470. The molecule has 25 heavy (non-hydrogen) atoms. The minimum Gasteiger partial charge on any atom is -0.494 e. The summed E-state index contributed by atoms with van der Waals surface area (Å²) in [7, 11) is 4.04. The molecule has 1 aromatic rings. The molecule has 0 aliphatic rings. The lowest BCUT2D eigenvalue weighted by Gasteiger charge is -2.17. The summed E-state index contributed by atoms with van der Waals surface area (Å²) < 4.78 is 5.78. The summed E-state index contributed by atoms with van der Waals surface area (Å²) in [6, 6.07) is 7.98. The van der Waals surface area contributed by atoms with E-state index in [-0.39, 0.29) is 5.91 Å². The molecule has 0 atom stereocenters. The van der Waals surface area contributed by atoms with Gasteiger partial charge >= 0.3 is 0 Å². The Morgan fingerprint density at radius 1 is 1.04 bits per heavy atom. The highest BCUT2D eigenvalue weighted by atomic mass is 16.5. The van der Waals surface area contributed by atoms with E-state index in [0.29, 0.717) is 13.0 Å². The molecule has 5 heteroatoms. The van der Waals surface area contributed by atoms with Crippen molar-refractivity contribution in [2.45, 2.75) is 39.7 Å². The lowest BCUT2D eigenvalue weighted by atomic mass is 10.2. The predicted octanol–water partition coefficient (Wildman–Crippen LogP) is 2.76. The topological polar surface area (TPSA) is 44.8 Å². The Balaban J connectivity index is 2.21. The summed E-state index contributed by atoms with van der Waals surface area (Å²) in [5.74, 6) is 0.999. The number of rotatable bonds is 13. The summed E-state index contributed by atoms with van der Waals surface area (Å²) in [5, 5.41) is 2.97. The number of nitrogens with one attached hydrogen (secondary N) is 1. The number of hydrogen-bond acceptors (Lipinski definition) is 4. The van der Waals surface area contributed by atoms with Gasteiger partial charge in [-0.25, -0.2) is 0 Å². The van der Waals surface area contributed by atoms with Gasteiger partial charge in [0.15, 0.2) is 0 Å². The van der Waals surface area contributed by atoms with Gasteiger partial charge in [-0.1, -0.05) is 26.0 Å². The number of nitrogens with zero attached hydrogens (tertiary/aromatic N) is 2. The fraction of sp³-hybridized carbons (Fsp3) is 0.650. The van der Waals surface area contributed by atoms with Crippen LogP contribution < -0.4 is 10.1 Å². The molecule has 0 unspecified atom stereocenters. The first-order valence-electron chi connectivity index (χ1n) is 9.40. The number of amides is 1. The van der Waals surface area contributed by atoms with E-state index in [1.165, 1.54) is 0 Å². The van der Waals surface area contributed by atoms with Crippen molar-refractivity contribution in [2.75, 3.05) is 46.9 Å². The van der Waals surface area contributed by atoms with Gasteiger partial charge in [0, 0.05) is 19.5 Å². The number of hydrogen-bond donors (Lipinski definition) is 1. The van der Waals surface area contributed by atoms with Gasteiger partial charge in [-0.15, -0.1) is 0 Å². The minimum absolute atomic E-state index is 0.110. The molecule has 1 N–H and O–H groups in total. The third-order valence-electron chi connectivity index (χ3n) is 4.20. The van der Waals surface area contributed by atoms with Crippen LogP contribution in [-0.4, -0.2) is 62.6 Å². The second-order valence-corrected chi connectivity index (χ2v) is 6.56. The van der Waals surface area contributed by atoms with Crippen LogP contribution in [-0.2, 0) is 11.3 Å². The van der Waals surface area contributed by atoms with Crippen LogP contribution in [0.2, 0.25) is 0 Å². The third-order valence-corrected chi connectivity index (χ3v) is 4.20. The van der Waals surface area contributed by atoms with E-state index in [1.807, 2.05) is 38.4 Å². The van der Waals surface area contributed by atoms with Gasteiger partial charge in [0.2, 0.25) is 5.91 Å². The van der Waals surface area contributed by atoms with Crippen molar-refractivity contribution in [1.29, 1.82) is 0 Å². The van der Waals surface area contributed by atoms with Crippen molar-refractivity contribution in [3.63, 3.8) is 0 Å². The standard InChI is InChI=1S/C20H35N3O2/c1-5-23(6-2)15-8-16-25-19-12-10-18(11-13-19)17-21-20(24)9-7-14-22(3)4/h10-13H,5-9,14-17H2,1-4H3,(H,21,24). The molecule has 1 amide bonds. The Labute approximate surface area is 153 Å². The SMILES string of the molecule is CCN(CC)CCCOc1ccc(CNC(=O)CCCN(C)C)cc1. The van der Waals surface area contributed by atoms with E-state index in [4.69, 9.17) is 4.74 Å². The smallest absolute Gasteiger partial charge is 0.220 e. The molecule has 0 bridgehead atoms. The zero-order valence-corrected chi connectivity index (χ0v) is 16.4. The zero-order chi connectivity index (χ0) is 18.5. The lowest BCUT2D eigenvalue weighted by molar-refractivity contribution is -0.121. The Morgan fingerprint density at radius 3 is 2.32 bits per heavy atom. The van der Waals surface area contributed by atoms with E-state index in [2.05, 4.69) is 29.0 Å². The highest BCUT2D eigenvalue weighted by Gasteiger charge is 2.03. The van der Waals surface area contributed by atoms with Crippen LogP contribution in [0.5, 0.6) is 5.75 Å². The molecule has 0 saturated carbocycles. The summed E-state index contributed by atoms with van der Waals surface area (Å²) in [5.41, 5.74) is 1.09. The van der Waals surface area contributed by atoms with Crippen LogP contribution in [0, 0.1) is 0 Å². The monoisotopic (exact) mass is 349 g/mol. The molecule has 0 heterocycles. The minimum atomic E-state index is 0.110. The van der Waals surface area contributed by atoms with E-state index in [1.54, 1.807) is 0 Å². The molecule has 0 radical (unpaired) electrons. The number of carbonyl (C=O) groups is 1. The van der Waals surface area contributed by atoms with E-state index in [9.17, 15) is 4.79 Å². The van der Waals surface area contributed by atoms with Crippen LogP contribution in [0.15, 0.2) is 24.3 Å². The maximum Gasteiger partial charge on any atom is 0.220 e. The fourth-order valence-corrected chi connectivity index (χ4v) is 2.57. The van der Waals surface area contributed by atoms with Gasteiger partial charge < -0.3 is 19.9 Å². The highest BCUT2D eigenvalue weighted by Crippen LogP contribution is 2.12. The second-order valence-electron chi connectivity index (χ2n) is 6.56. The second kappa shape index (κ2) is 12.7. The number of benzene rings is 1. The van der Waals surface area contributed by atoms with Gasteiger partial charge in [0.05, 0.1) is 6.61 Å². The first-order chi connectivity index (χ1) is 12.0. The largest absolute Gasteiger partial charge is 0.494 e. The number of carbonyl (C=O) groups excluding carboxylic acids is 1. The predicted molar refractivity (Wildman–Crippen MR) is 104 cm³/mol. The summed E-state index contributed by atoms with van der Waals surface area (Å²) in [4.78, 5) is 16.3. The van der Waals surface area contributed by atoms with Gasteiger partial charge in [0.1, 0.15) is 5.75 Å². The molecule has 142 valence electrons. The molecule has 1 rings (SSSR count). The molecule has 0 fully saturated rings. The quantitative estimate of drug-likeness (QED) is 0.556. The fourth-order valence-electron chi connectivity index (χ4n) is 2.57. The van der Waals surface area contributed by atoms with Gasteiger partial charge in [-0.05, 0) is 64.3 Å². The molecule has 0 aromatic heterocycles. The molecule has 0 spiro atoms. The first kappa shape index (κ1) is 21.5. The summed E-state index contributed by atoms with van der Waals surface area (Å²) >= 11 is 0. The van der Waals surface area contributed by atoms with Crippen molar-refractivity contribution >= 4 is 5.91 Å². The Morgan fingerprint density at radius 2 is 1.72 bits per heavy atom. The van der Waals surface area contributed by atoms with E-state index < -0.39 is 0 Å². The van der Waals surface area contributed by atoms with Crippen LogP contribution in [0.1, 0.15) is 38.7 Å². The molecule has 0 aliphatic heterocycles. The van der Waals surface area contributed by atoms with Crippen molar-refractivity contribution in [3.05, 3.63) is 29.8 Å². The van der Waals surface area contributed by atoms with Crippen molar-refractivity contribution in [2.24, 2.45) is 0 Å². The van der Waals surface area contributed by atoms with Gasteiger partial charge in [-0.3, -0.25) is 4.79 Å². The molecule has 5 nitrogen and oxygen atoms in total. The van der Waals surface area contributed by atoms with Gasteiger partial charge in [-0.2, -0.15) is 0 Å². The maximum atomic E-state index is 11.8. The van der Waals surface area contributed by atoms with E-state index in [0.717, 1.165) is 56.9 Å². The lowest BCUT2D eigenvalue weighted by Crippen LogP contribution is -2.25. The van der Waals surface area contributed by atoms with Gasteiger partial charge in [0.25, 0.3) is 0 Å². The highest BCUT2D eigenvalue weighted by molar-refractivity contribution is 5.75. The average Bonchev–Trinajstić information content (AvgIpc) is 2.61. The zero-order valence-electron chi connectivity index (χ0n) is 16.4. The Hall–Kier alpha value is -1.59. The summed E-state index contributed by atoms with van der Waals surface area (Å²) in [6.07, 6.45) is 2.50. The van der Waals surface area contributed by atoms with E-state index >= 15 is 0 Å². The average molecular weight is 350 g/mol. The molecular formula is C20H35N3O2. The Kier molecular flexibility index (Phi) is 10.9. The summed E-state index contributed by atoms with van der Waals surface area (Å²) in [6.45, 7) is 9.87. The number of ether oxygens (including phenoxy) is 1. The first-order valence-corrected chi connectivity index (χ1v) is 9.40. The van der Waals surface area contributed by atoms with Crippen molar-refractivity contribution in [3.8, 4) is 5.75 Å². The normalized spacial score (nSPS) is 11.1. The maximum absolute atomic E-state index is 11.8. The van der Waals surface area contributed by atoms with Crippen LogP contribution in [0.3, 0.4) is 0 Å². The third kappa shape index (κ3) is 10.1. The molecule has 0 saturated heterocycles. The van der Waals surface area contributed by atoms with Crippen LogP contribution in [0.4, 0.5) is 0 Å². The van der Waals surface area contributed by atoms with Crippen LogP contribution >= 0.6 is 0 Å².